The zero-order valence-electron chi connectivity index (χ0n) is 18.0. The standard InChI is InChI=1S/C24H30N2O4S/c1-2-13-26(20-12-15-31(29,30)17-20)23(27)19-9-6-14-25(16-19)24(28)22-11-5-8-18-7-3-4-10-21(18)22/h3-5,7-8,10-11,19-20H,2,6,9,12-17H2,1H3. The average Bonchev–Trinajstić information content (AvgIpc) is 3.15. The lowest BCUT2D eigenvalue weighted by Gasteiger charge is -2.37. The predicted octanol–water partition coefficient (Wildman–Crippen LogP) is 3.12. The molecule has 2 amide bonds. The molecule has 2 saturated heterocycles. The largest absolute Gasteiger partial charge is 0.338 e. The number of nitrogens with zero attached hydrogens (tertiary/aromatic N) is 2. The number of hydrogen-bond acceptors (Lipinski definition) is 4. The van der Waals surface area contributed by atoms with E-state index >= 15 is 0 Å². The number of likely N-dealkylation sites (tertiary alicyclic amines) is 1. The Morgan fingerprint density at radius 2 is 1.87 bits per heavy atom. The molecule has 166 valence electrons. The Hall–Kier alpha value is -2.41. The molecule has 0 bridgehead atoms. The molecule has 0 radical (unpaired) electrons. The molecular formula is C24H30N2O4S. The van der Waals surface area contributed by atoms with Crippen LogP contribution in [-0.4, -0.2) is 67.2 Å². The Morgan fingerprint density at radius 1 is 1.10 bits per heavy atom. The summed E-state index contributed by atoms with van der Waals surface area (Å²) < 4.78 is 23.9. The lowest BCUT2D eigenvalue weighted by atomic mass is 9.94. The second-order valence-corrected chi connectivity index (χ2v) is 10.9. The van der Waals surface area contributed by atoms with E-state index in [4.69, 9.17) is 0 Å². The summed E-state index contributed by atoms with van der Waals surface area (Å²) in [7, 11) is -3.06. The summed E-state index contributed by atoms with van der Waals surface area (Å²) in [5.41, 5.74) is 0.665. The molecule has 2 fully saturated rings. The number of piperidine rings is 1. The molecule has 0 N–H and O–H groups in total. The van der Waals surface area contributed by atoms with Crippen LogP contribution in [0.25, 0.3) is 10.8 Å². The summed E-state index contributed by atoms with van der Waals surface area (Å²) in [4.78, 5) is 30.3. The van der Waals surface area contributed by atoms with Crippen LogP contribution in [0.2, 0.25) is 0 Å². The molecule has 31 heavy (non-hydrogen) atoms. The quantitative estimate of drug-likeness (QED) is 0.713. The fourth-order valence-electron chi connectivity index (χ4n) is 4.91. The Labute approximate surface area is 184 Å². The van der Waals surface area contributed by atoms with Crippen LogP contribution in [0.5, 0.6) is 0 Å². The highest BCUT2D eigenvalue weighted by Gasteiger charge is 2.38. The molecule has 0 aliphatic carbocycles. The van der Waals surface area contributed by atoms with E-state index in [2.05, 4.69) is 0 Å². The molecule has 0 aromatic heterocycles. The minimum absolute atomic E-state index is 0.000584. The molecule has 2 unspecified atom stereocenters. The summed E-state index contributed by atoms with van der Waals surface area (Å²) in [5.74, 6) is -0.104. The van der Waals surface area contributed by atoms with E-state index in [1.54, 1.807) is 9.80 Å². The minimum Gasteiger partial charge on any atom is -0.338 e. The van der Waals surface area contributed by atoms with Crippen LogP contribution >= 0.6 is 0 Å². The van der Waals surface area contributed by atoms with Gasteiger partial charge in [0.15, 0.2) is 9.84 Å². The van der Waals surface area contributed by atoms with E-state index in [0.29, 0.717) is 31.6 Å². The van der Waals surface area contributed by atoms with Gasteiger partial charge >= 0.3 is 0 Å². The second kappa shape index (κ2) is 8.99. The van der Waals surface area contributed by atoms with Gasteiger partial charge in [-0.3, -0.25) is 9.59 Å². The first-order valence-electron chi connectivity index (χ1n) is 11.2. The molecule has 2 atom stereocenters. The van der Waals surface area contributed by atoms with Crippen molar-refractivity contribution in [3.63, 3.8) is 0 Å². The third kappa shape index (κ3) is 4.61. The third-order valence-electron chi connectivity index (χ3n) is 6.47. The number of amides is 2. The minimum atomic E-state index is -3.06. The molecule has 0 saturated carbocycles. The van der Waals surface area contributed by atoms with Gasteiger partial charge in [-0.25, -0.2) is 8.42 Å². The molecule has 7 heteroatoms. The predicted molar refractivity (Wildman–Crippen MR) is 122 cm³/mol. The summed E-state index contributed by atoms with van der Waals surface area (Å²) in [6.07, 6.45) is 2.81. The maximum atomic E-state index is 13.4. The van der Waals surface area contributed by atoms with E-state index in [1.165, 1.54) is 0 Å². The second-order valence-electron chi connectivity index (χ2n) is 8.71. The van der Waals surface area contributed by atoms with E-state index in [0.717, 1.165) is 30.0 Å². The number of benzene rings is 2. The SMILES string of the molecule is CCCN(C(=O)C1CCCN(C(=O)c2cccc3ccccc23)C1)C1CCS(=O)(=O)C1. The van der Waals surface area contributed by atoms with Gasteiger partial charge in [0.05, 0.1) is 17.4 Å². The van der Waals surface area contributed by atoms with E-state index < -0.39 is 9.84 Å². The maximum Gasteiger partial charge on any atom is 0.254 e. The maximum absolute atomic E-state index is 13.4. The number of hydrogen-bond donors (Lipinski definition) is 0. The van der Waals surface area contributed by atoms with Crippen LogP contribution < -0.4 is 0 Å². The number of carbonyl (C=O) groups excluding carboxylic acids is 2. The molecule has 2 aliphatic heterocycles. The molecule has 0 spiro atoms. The fraction of sp³-hybridized carbons (Fsp3) is 0.500. The first kappa shape index (κ1) is 21.8. The topological polar surface area (TPSA) is 74.8 Å². The zero-order chi connectivity index (χ0) is 22.0. The molecule has 2 aromatic carbocycles. The van der Waals surface area contributed by atoms with Crippen molar-refractivity contribution in [2.24, 2.45) is 5.92 Å². The summed E-state index contributed by atoms with van der Waals surface area (Å²) in [6.45, 7) is 3.59. The van der Waals surface area contributed by atoms with Crippen LogP contribution in [0.15, 0.2) is 42.5 Å². The highest BCUT2D eigenvalue weighted by atomic mass is 32.2. The molecular weight excluding hydrogens is 412 g/mol. The van der Waals surface area contributed by atoms with Gasteiger partial charge in [0.25, 0.3) is 5.91 Å². The van der Waals surface area contributed by atoms with E-state index in [-0.39, 0.29) is 35.3 Å². The van der Waals surface area contributed by atoms with Crippen LogP contribution in [0.3, 0.4) is 0 Å². The van der Waals surface area contributed by atoms with Crippen LogP contribution in [-0.2, 0) is 14.6 Å². The average molecular weight is 443 g/mol. The van der Waals surface area contributed by atoms with E-state index in [9.17, 15) is 18.0 Å². The number of carbonyl (C=O) groups is 2. The Morgan fingerprint density at radius 3 is 2.61 bits per heavy atom. The normalized spacial score (nSPS) is 23.1. The first-order valence-corrected chi connectivity index (χ1v) is 13.0. The lowest BCUT2D eigenvalue weighted by molar-refractivity contribution is -0.139. The van der Waals surface area contributed by atoms with Crippen molar-refractivity contribution >= 4 is 32.4 Å². The lowest BCUT2D eigenvalue weighted by Crippen LogP contribution is -2.50. The number of sulfone groups is 1. The van der Waals surface area contributed by atoms with Crippen molar-refractivity contribution < 1.29 is 18.0 Å². The molecule has 2 aromatic rings. The van der Waals surface area contributed by atoms with Crippen LogP contribution in [0, 0.1) is 5.92 Å². The van der Waals surface area contributed by atoms with Crippen molar-refractivity contribution in [1.29, 1.82) is 0 Å². The smallest absolute Gasteiger partial charge is 0.254 e. The van der Waals surface area contributed by atoms with Crippen molar-refractivity contribution in [2.75, 3.05) is 31.1 Å². The van der Waals surface area contributed by atoms with Crippen molar-refractivity contribution in [3.05, 3.63) is 48.0 Å². The molecule has 4 rings (SSSR count). The number of rotatable bonds is 5. The van der Waals surface area contributed by atoms with Crippen molar-refractivity contribution in [2.45, 2.75) is 38.6 Å². The van der Waals surface area contributed by atoms with Gasteiger partial charge in [0.1, 0.15) is 0 Å². The Bertz CT molecular complexity index is 1080. The first-order chi connectivity index (χ1) is 14.9. The highest BCUT2D eigenvalue weighted by molar-refractivity contribution is 7.91. The van der Waals surface area contributed by atoms with Gasteiger partial charge in [-0.2, -0.15) is 0 Å². The Balaban J connectivity index is 1.52. The molecule has 2 aliphatic rings. The number of fused-ring (bicyclic) bond motifs is 1. The summed E-state index contributed by atoms with van der Waals surface area (Å²) >= 11 is 0. The fourth-order valence-corrected chi connectivity index (χ4v) is 6.65. The van der Waals surface area contributed by atoms with Gasteiger partial charge in [-0.1, -0.05) is 43.3 Å². The van der Waals surface area contributed by atoms with Crippen LogP contribution in [0.4, 0.5) is 0 Å². The Kier molecular flexibility index (Phi) is 6.32. The van der Waals surface area contributed by atoms with Gasteiger partial charge < -0.3 is 9.80 Å². The van der Waals surface area contributed by atoms with Gasteiger partial charge in [0, 0.05) is 31.2 Å². The summed E-state index contributed by atoms with van der Waals surface area (Å²) in [6, 6.07) is 13.3. The molecule has 6 nitrogen and oxygen atoms in total. The van der Waals surface area contributed by atoms with Gasteiger partial charge in [0.2, 0.25) is 5.91 Å². The highest BCUT2D eigenvalue weighted by Crippen LogP contribution is 2.27. The van der Waals surface area contributed by atoms with Gasteiger partial charge in [-0.05, 0) is 42.5 Å². The summed E-state index contributed by atoms with van der Waals surface area (Å²) in [5, 5.41) is 1.95. The van der Waals surface area contributed by atoms with E-state index in [1.807, 2.05) is 49.4 Å². The van der Waals surface area contributed by atoms with Crippen LogP contribution in [0.1, 0.15) is 43.0 Å². The monoisotopic (exact) mass is 442 g/mol. The van der Waals surface area contributed by atoms with Crippen molar-refractivity contribution in [1.82, 2.24) is 9.80 Å². The zero-order valence-corrected chi connectivity index (χ0v) is 18.8. The molecule has 2 heterocycles. The third-order valence-corrected chi connectivity index (χ3v) is 8.23. The van der Waals surface area contributed by atoms with Gasteiger partial charge in [-0.15, -0.1) is 0 Å². The van der Waals surface area contributed by atoms with Crippen molar-refractivity contribution in [3.8, 4) is 0 Å².